The van der Waals surface area contributed by atoms with Gasteiger partial charge in [-0.3, -0.25) is 9.59 Å². The van der Waals surface area contributed by atoms with Gasteiger partial charge >= 0.3 is 6.18 Å². The van der Waals surface area contributed by atoms with Crippen LogP contribution in [-0.4, -0.2) is 42.5 Å². The number of carbonyl (C=O) groups excluding carboxylic acids is 2. The minimum absolute atomic E-state index is 0.0671. The number of primary amides is 1. The number of piperidine rings is 1. The van der Waals surface area contributed by atoms with Crippen LogP contribution in [0.5, 0.6) is 0 Å². The van der Waals surface area contributed by atoms with Gasteiger partial charge in [0.05, 0.1) is 11.5 Å². The SMILES string of the molecule is NC(=O)c1ccsc1NC(=O)CCN1CCC[C@@H](C(F)(F)F)C1. The van der Waals surface area contributed by atoms with Crippen LogP contribution >= 0.6 is 11.3 Å². The molecule has 2 amide bonds. The van der Waals surface area contributed by atoms with Gasteiger partial charge in [0.2, 0.25) is 5.91 Å². The molecule has 0 aromatic carbocycles. The molecule has 1 aromatic heterocycles. The molecule has 0 unspecified atom stereocenters. The number of nitrogens with zero attached hydrogens (tertiary/aromatic N) is 1. The van der Waals surface area contributed by atoms with Gasteiger partial charge in [-0.15, -0.1) is 11.3 Å². The van der Waals surface area contributed by atoms with E-state index < -0.39 is 18.0 Å². The van der Waals surface area contributed by atoms with Gasteiger partial charge in [-0.1, -0.05) is 0 Å². The molecule has 0 aliphatic carbocycles. The third-order valence-electron chi connectivity index (χ3n) is 3.81. The first-order chi connectivity index (χ1) is 10.8. The smallest absolute Gasteiger partial charge is 0.366 e. The molecule has 3 N–H and O–H groups in total. The van der Waals surface area contributed by atoms with E-state index in [2.05, 4.69) is 5.32 Å². The molecular weight excluding hydrogens is 331 g/mol. The van der Waals surface area contributed by atoms with Gasteiger partial charge in [0.1, 0.15) is 5.00 Å². The molecule has 128 valence electrons. The summed E-state index contributed by atoms with van der Waals surface area (Å²) in [5.41, 5.74) is 5.42. The van der Waals surface area contributed by atoms with Gasteiger partial charge in [-0.05, 0) is 30.8 Å². The summed E-state index contributed by atoms with van der Waals surface area (Å²) in [5, 5.41) is 4.59. The van der Waals surface area contributed by atoms with Crippen LogP contribution in [0.3, 0.4) is 0 Å². The highest BCUT2D eigenvalue weighted by atomic mass is 32.1. The third-order valence-corrected chi connectivity index (χ3v) is 4.64. The zero-order valence-electron chi connectivity index (χ0n) is 12.4. The number of amides is 2. The number of anilines is 1. The molecule has 1 atom stereocenters. The first-order valence-electron chi connectivity index (χ1n) is 7.23. The van der Waals surface area contributed by atoms with Crippen molar-refractivity contribution in [1.82, 2.24) is 4.90 Å². The Balaban J connectivity index is 1.82. The number of nitrogens with one attached hydrogen (secondary N) is 1. The number of hydrogen-bond acceptors (Lipinski definition) is 4. The van der Waals surface area contributed by atoms with Crippen LogP contribution in [0, 0.1) is 5.92 Å². The number of nitrogens with two attached hydrogens (primary N) is 1. The molecule has 1 aliphatic heterocycles. The molecule has 2 heterocycles. The van der Waals surface area contributed by atoms with Crippen molar-refractivity contribution in [3.8, 4) is 0 Å². The fourth-order valence-electron chi connectivity index (χ4n) is 2.57. The molecule has 1 saturated heterocycles. The first-order valence-corrected chi connectivity index (χ1v) is 8.11. The topological polar surface area (TPSA) is 75.4 Å². The normalized spacial score (nSPS) is 19.5. The zero-order valence-corrected chi connectivity index (χ0v) is 13.2. The van der Waals surface area contributed by atoms with E-state index in [0.717, 1.165) is 0 Å². The number of likely N-dealkylation sites (tertiary alicyclic amines) is 1. The minimum atomic E-state index is -4.19. The van der Waals surface area contributed by atoms with Crippen LogP contribution in [0.15, 0.2) is 11.4 Å². The Morgan fingerprint density at radius 1 is 1.43 bits per heavy atom. The van der Waals surface area contributed by atoms with E-state index in [-0.39, 0.29) is 37.4 Å². The highest BCUT2D eigenvalue weighted by Gasteiger charge is 2.41. The van der Waals surface area contributed by atoms with Crippen molar-refractivity contribution in [2.75, 3.05) is 25.0 Å². The lowest BCUT2D eigenvalue weighted by Crippen LogP contribution is -2.42. The van der Waals surface area contributed by atoms with Gasteiger partial charge < -0.3 is 16.0 Å². The van der Waals surface area contributed by atoms with E-state index in [1.165, 1.54) is 17.4 Å². The van der Waals surface area contributed by atoms with Crippen molar-refractivity contribution < 1.29 is 22.8 Å². The Kier molecular flexibility index (Phi) is 5.64. The number of halogens is 3. The molecular formula is C14H18F3N3O2S. The van der Waals surface area contributed by atoms with E-state index in [1.807, 2.05) is 0 Å². The Labute approximate surface area is 135 Å². The summed E-state index contributed by atoms with van der Waals surface area (Å²) < 4.78 is 38.2. The largest absolute Gasteiger partial charge is 0.393 e. The van der Waals surface area contributed by atoms with Crippen molar-refractivity contribution in [3.63, 3.8) is 0 Å². The Bertz CT molecular complexity index is 574. The number of rotatable bonds is 5. The Morgan fingerprint density at radius 2 is 2.17 bits per heavy atom. The van der Waals surface area contributed by atoms with Crippen LogP contribution in [0.2, 0.25) is 0 Å². The number of alkyl halides is 3. The molecule has 1 aliphatic rings. The minimum Gasteiger partial charge on any atom is -0.366 e. The monoisotopic (exact) mass is 349 g/mol. The molecule has 5 nitrogen and oxygen atoms in total. The summed E-state index contributed by atoms with van der Waals surface area (Å²) in [7, 11) is 0. The van der Waals surface area contributed by atoms with Crippen LogP contribution in [0.1, 0.15) is 29.6 Å². The lowest BCUT2D eigenvalue weighted by atomic mass is 9.97. The maximum atomic E-state index is 12.7. The molecule has 23 heavy (non-hydrogen) atoms. The standard InChI is InChI=1S/C14H18F3N3O2S/c15-14(16,17)9-2-1-5-20(8-9)6-3-11(21)19-13-10(12(18)22)4-7-23-13/h4,7,9H,1-3,5-6,8H2,(H2,18,22)(H,19,21)/t9-/m1/s1. The first kappa shape index (κ1) is 17.7. The van der Waals surface area contributed by atoms with Gasteiger partial charge in [0, 0.05) is 19.5 Å². The molecule has 1 fully saturated rings. The lowest BCUT2D eigenvalue weighted by Gasteiger charge is -2.33. The highest BCUT2D eigenvalue weighted by Crippen LogP contribution is 2.33. The van der Waals surface area contributed by atoms with Crippen molar-refractivity contribution in [2.45, 2.75) is 25.4 Å². The second-order valence-corrected chi connectivity index (χ2v) is 6.42. The molecule has 0 bridgehead atoms. The second kappa shape index (κ2) is 7.31. The maximum absolute atomic E-state index is 12.7. The molecule has 0 radical (unpaired) electrons. The quantitative estimate of drug-likeness (QED) is 0.857. The molecule has 0 spiro atoms. The predicted octanol–water partition coefficient (Wildman–Crippen LogP) is 2.45. The Hall–Kier alpha value is -1.61. The van der Waals surface area contributed by atoms with Gasteiger partial charge in [0.25, 0.3) is 5.91 Å². The summed E-state index contributed by atoms with van der Waals surface area (Å²) in [6, 6.07) is 1.52. The summed E-state index contributed by atoms with van der Waals surface area (Å²) >= 11 is 1.18. The van der Waals surface area contributed by atoms with Gasteiger partial charge in [-0.25, -0.2) is 0 Å². The lowest BCUT2D eigenvalue weighted by molar-refractivity contribution is -0.186. The van der Waals surface area contributed by atoms with Crippen molar-refractivity contribution in [1.29, 1.82) is 0 Å². The van der Waals surface area contributed by atoms with Crippen LogP contribution in [0.4, 0.5) is 18.2 Å². The van der Waals surface area contributed by atoms with Crippen molar-refractivity contribution in [2.24, 2.45) is 11.7 Å². The van der Waals surface area contributed by atoms with E-state index in [1.54, 1.807) is 10.3 Å². The molecule has 0 saturated carbocycles. The highest BCUT2D eigenvalue weighted by molar-refractivity contribution is 7.14. The van der Waals surface area contributed by atoms with E-state index in [0.29, 0.717) is 18.0 Å². The average Bonchev–Trinajstić information content (AvgIpc) is 2.93. The van der Waals surface area contributed by atoms with Crippen molar-refractivity contribution in [3.05, 3.63) is 17.0 Å². The summed E-state index contributed by atoms with van der Waals surface area (Å²) in [6.07, 6.45) is -3.50. The van der Waals surface area contributed by atoms with E-state index in [4.69, 9.17) is 5.73 Å². The van der Waals surface area contributed by atoms with Crippen LogP contribution < -0.4 is 11.1 Å². The number of hydrogen-bond donors (Lipinski definition) is 2. The average molecular weight is 349 g/mol. The fourth-order valence-corrected chi connectivity index (χ4v) is 3.38. The van der Waals surface area contributed by atoms with E-state index in [9.17, 15) is 22.8 Å². The predicted molar refractivity (Wildman–Crippen MR) is 81.3 cm³/mol. The fraction of sp³-hybridized carbons (Fsp3) is 0.571. The second-order valence-electron chi connectivity index (χ2n) is 5.51. The van der Waals surface area contributed by atoms with Crippen molar-refractivity contribution >= 4 is 28.2 Å². The van der Waals surface area contributed by atoms with Crippen LogP contribution in [0.25, 0.3) is 0 Å². The molecule has 2 rings (SSSR count). The van der Waals surface area contributed by atoms with Gasteiger partial charge in [0.15, 0.2) is 0 Å². The maximum Gasteiger partial charge on any atom is 0.393 e. The number of thiophene rings is 1. The third kappa shape index (κ3) is 4.93. The van der Waals surface area contributed by atoms with Gasteiger partial charge in [-0.2, -0.15) is 13.2 Å². The Morgan fingerprint density at radius 3 is 2.83 bits per heavy atom. The zero-order chi connectivity index (χ0) is 17.0. The number of carbonyl (C=O) groups is 2. The van der Waals surface area contributed by atoms with E-state index >= 15 is 0 Å². The van der Waals surface area contributed by atoms with Crippen LogP contribution in [-0.2, 0) is 4.79 Å². The summed E-state index contributed by atoms with van der Waals surface area (Å²) in [5.74, 6) is -2.30. The molecule has 9 heteroatoms. The molecule has 1 aromatic rings. The summed E-state index contributed by atoms with van der Waals surface area (Å²) in [4.78, 5) is 24.7. The summed E-state index contributed by atoms with van der Waals surface area (Å²) in [6.45, 7) is 0.753.